The third-order valence-corrected chi connectivity index (χ3v) is 3.08. The summed E-state index contributed by atoms with van der Waals surface area (Å²) in [6, 6.07) is 0. The Morgan fingerprint density at radius 3 is 2.29 bits per heavy atom. The molecule has 0 aromatic carbocycles. The van der Waals surface area contributed by atoms with E-state index in [0.717, 1.165) is 30.3 Å². The standard InChI is InChI=1S/C11H17N3/c1-7-8(2)13-11(14-9(7)3)10-4-5-12-6-10/h10,12H,4-6H2,1-3H3. The molecule has 0 saturated carbocycles. The molecule has 1 fully saturated rings. The van der Waals surface area contributed by atoms with Crippen LogP contribution < -0.4 is 5.32 Å². The van der Waals surface area contributed by atoms with Crippen LogP contribution in [0.1, 0.15) is 35.1 Å². The van der Waals surface area contributed by atoms with E-state index in [1.807, 2.05) is 0 Å². The third-order valence-electron chi connectivity index (χ3n) is 3.08. The first-order chi connectivity index (χ1) is 6.68. The Labute approximate surface area is 85.0 Å². The summed E-state index contributed by atoms with van der Waals surface area (Å²) in [6.07, 6.45) is 1.17. The van der Waals surface area contributed by atoms with Crippen LogP contribution in [0.3, 0.4) is 0 Å². The Morgan fingerprint density at radius 2 is 1.79 bits per heavy atom. The molecule has 1 unspecified atom stereocenters. The van der Waals surface area contributed by atoms with E-state index in [9.17, 15) is 0 Å². The number of nitrogens with zero attached hydrogens (tertiary/aromatic N) is 2. The van der Waals surface area contributed by atoms with Gasteiger partial charge in [0.05, 0.1) is 0 Å². The zero-order chi connectivity index (χ0) is 10.1. The van der Waals surface area contributed by atoms with Gasteiger partial charge in [-0.3, -0.25) is 0 Å². The normalized spacial score (nSPS) is 21.5. The topological polar surface area (TPSA) is 37.8 Å². The quantitative estimate of drug-likeness (QED) is 0.730. The molecular formula is C11H17N3. The van der Waals surface area contributed by atoms with Crippen molar-refractivity contribution in [3.63, 3.8) is 0 Å². The summed E-state index contributed by atoms with van der Waals surface area (Å²) < 4.78 is 0. The number of aromatic nitrogens is 2. The lowest BCUT2D eigenvalue weighted by Gasteiger charge is -2.10. The summed E-state index contributed by atoms with van der Waals surface area (Å²) in [6.45, 7) is 8.34. The number of nitrogens with one attached hydrogen (secondary N) is 1. The molecule has 0 radical (unpaired) electrons. The Morgan fingerprint density at radius 1 is 1.14 bits per heavy atom. The molecule has 3 nitrogen and oxygen atoms in total. The summed E-state index contributed by atoms with van der Waals surface area (Å²) in [5, 5.41) is 3.34. The minimum atomic E-state index is 0.521. The van der Waals surface area contributed by atoms with Gasteiger partial charge >= 0.3 is 0 Å². The van der Waals surface area contributed by atoms with Crippen molar-refractivity contribution in [3.8, 4) is 0 Å². The smallest absolute Gasteiger partial charge is 0.133 e. The van der Waals surface area contributed by atoms with Gasteiger partial charge in [-0.2, -0.15) is 0 Å². The van der Waals surface area contributed by atoms with Crippen molar-refractivity contribution in [2.24, 2.45) is 0 Å². The average molecular weight is 191 g/mol. The first-order valence-corrected chi connectivity index (χ1v) is 5.21. The van der Waals surface area contributed by atoms with Crippen LogP contribution >= 0.6 is 0 Å². The zero-order valence-corrected chi connectivity index (χ0v) is 9.09. The molecule has 1 aliphatic rings. The van der Waals surface area contributed by atoms with Crippen molar-refractivity contribution in [3.05, 3.63) is 22.8 Å². The fourth-order valence-electron chi connectivity index (χ4n) is 1.86. The van der Waals surface area contributed by atoms with Gasteiger partial charge in [0.15, 0.2) is 0 Å². The van der Waals surface area contributed by atoms with E-state index in [4.69, 9.17) is 0 Å². The molecular weight excluding hydrogens is 174 g/mol. The van der Waals surface area contributed by atoms with Crippen molar-refractivity contribution in [2.45, 2.75) is 33.1 Å². The molecule has 0 amide bonds. The average Bonchev–Trinajstić information content (AvgIpc) is 2.66. The Bertz CT molecular complexity index is 317. The molecule has 3 heteroatoms. The highest BCUT2D eigenvalue weighted by atomic mass is 15.0. The number of hydrogen-bond donors (Lipinski definition) is 1. The second-order valence-corrected chi connectivity index (χ2v) is 4.07. The van der Waals surface area contributed by atoms with Crippen LogP contribution in [0.4, 0.5) is 0 Å². The van der Waals surface area contributed by atoms with Gasteiger partial charge in [0, 0.05) is 23.9 Å². The molecule has 76 valence electrons. The van der Waals surface area contributed by atoms with Crippen LogP contribution in [0.15, 0.2) is 0 Å². The van der Waals surface area contributed by atoms with E-state index in [1.54, 1.807) is 0 Å². The summed E-state index contributed by atoms with van der Waals surface area (Å²) in [5.74, 6) is 1.55. The van der Waals surface area contributed by atoms with Crippen molar-refractivity contribution in [1.29, 1.82) is 0 Å². The molecule has 1 atom stereocenters. The van der Waals surface area contributed by atoms with Crippen LogP contribution in [-0.2, 0) is 0 Å². The first-order valence-electron chi connectivity index (χ1n) is 5.21. The van der Waals surface area contributed by atoms with Crippen molar-refractivity contribution >= 4 is 0 Å². The van der Waals surface area contributed by atoms with Gasteiger partial charge in [0.1, 0.15) is 5.82 Å². The molecule has 1 aliphatic heterocycles. The van der Waals surface area contributed by atoms with Crippen molar-refractivity contribution in [2.75, 3.05) is 13.1 Å². The van der Waals surface area contributed by atoms with Crippen LogP contribution in [-0.4, -0.2) is 23.1 Å². The maximum Gasteiger partial charge on any atom is 0.133 e. The monoisotopic (exact) mass is 191 g/mol. The van der Waals surface area contributed by atoms with Crippen LogP contribution in [0.2, 0.25) is 0 Å². The summed E-state index contributed by atoms with van der Waals surface area (Å²) in [4.78, 5) is 9.13. The van der Waals surface area contributed by atoms with E-state index in [2.05, 4.69) is 36.1 Å². The highest BCUT2D eigenvalue weighted by molar-refractivity contribution is 5.23. The molecule has 0 bridgehead atoms. The summed E-state index contributed by atoms with van der Waals surface area (Å²) in [7, 11) is 0. The molecule has 14 heavy (non-hydrogen) atoms. The highest BCUT2D eigenvalue weighted by Crippen LogP contribution is 2.20. The third kappa shape index (κ3) is 1.64. The predicted molar refractivity (Wildman–Crippen MR) is 56.5 cm³/mol. The van der Waals surface area contributed by atoms with E-state index in [1.165, 1.54) is 12.0 Å². The van der Waals surface area contributed by atoms with Crippen LogP contribution in [0.5, 0.6) is 0 Å². The van der Waals surface area contributed by atoms with Gasteiger partial charge in [0.25, 0.3) is 0 Å². The summed E-state index contributed by atoms with van der Waals surface area (Å²) in [5.41, 5.74) is 3.47. The first kappa shape index (κ1) is 9.59. The molecule has 2 rings (SSSR count). The minimum absolute atomic E-state index is 0.521. The Balaban J connectivity index is 2.34. The van der Waals surface area contributed by atoms with Gasteiger partial charge in [-0.1, -0.05) is 0 Å². The minimum Gasteiger partial charge on any atom is -0.316 e. The van der Waals surface area contributed by atoms with Gasteiger partial charge in [-0.25, -0.2) is 9.97 Å². The van der Waals surface area contributed by atoms with Crippen molar-refractivity contribution in [1.82, 2.24) is 15.3 Å². The molecule has 0 aliphatic carbocycles. The molecule has 1 N–H and O–H groups in total. The van der Waals surface area contributed by atoms with E-state index in [0.29, 0.717) is 5.92 Å². The second-order valence-electron chi connectivity index (χ2n) is 4.07. The number of hydrogen-bond acceptors (Lipinski definition) is 3. The molecule has 0 spiro atoms. The fourth-order valence-corrected chi connectivity index (χ4v) is 1.86. The van der Waals surface area contributed by atoms with E-state index < -0.39 is 0 Å². The predicted octanol–water partition coefficient (Wildman–Crippen LogP) is 1.48. The number of aryl methyl sites for hydroxylation is 2. The zero-order valence-electron chi connectivity index (χ0n) is 9.09. The second kappa shape index (κ2) is 3.65. The maximum atomic E-state index is 4.56. The van der Waals surface area contributed by atoms with E-state index >= 15 is 0 Å². The van der Waals surface area contributed by atoms with Crippen molar-refractivity contribution < 1.29 is 0 Å². The molecule has 1 saturated heterocycles. The van der Waals surface area contributed by atoms with Crippen LogP contribution in [0.25, 0.3) is 0 Å². The summed E-state index contributed by atoms with van der Waals surface area (Å²) >= 11 is 0. The fraction of sp³-hybridized carbons (Fsp3) is 0.636. The lowest BCUT2D eigenvalue weighted by Crippen LogP contribution is -2.12. The molecule has 2 heterocycles. The van der Waals surface area contributed by atoms with Crippen LogP contribution in [0, 0.1) is 20.8 Å². The maximum absolute atomic E-state index is 4.56. The largest absolute Gasteiger partial charge is 0.316 e. The Kier molecular flexibility index (Phi) is 2.50. The number of rotatable bonds is 1. The van der Waals surface area contributed by atoms with Gasteiger partial charge in [-0.05, 0) is 39.3 Å². The lowest BCUT2D eigenvalue weighted by atomic mass is 10.1. The van der Waals surface area contributed by atoms with Gasteiger partial charge in [-0.15, -0.1) is 0 Å². The van der Waals surface area contributed by atoms with E-state index in [-0.39, 0.29) is 0 Å². The van der Waals surface area contributed by atoms with Gasteiger partial charge < -0.3 is 5.32 Å². The van der Waals surface area contributed by atoms with Gasteiger partial charge in [0.2, 0.25) is 0 Å². The Hall–Kier alpha value is -0.960. The SMILES string of the molecule is Cc1nc(C2CCNC2)nc(C)c1C. The lowest BCUT2D eigenvalue weighted by molar-refractivity contribution is 0.689. The molecule has 1 aromatic rings. The highest BCUT2D eigenvalue weighted by Gasteiger charge is 2.20. The molecule has 1 aromatic heterocycles.